The Hall–Kier alpha value is -2.45. The molecule has 0 aliphatic carbocycles. The summed E-state index contributed by atoms with van der Waals surface area (Å²) in [5.41, 5.74) is 3.71. The van der Waals surface area contributed by atoms with Crippen molar-refractivity contribution in [3.63, 3.8) is 0 Å². The number of hydrogen-bond acceptors (Lipinski definition) is 2. The van der Waals surface area contributed by atoms with Crippen molar-refractivity contribution in [1.29, 1.82) is 0 Å². The molecule has 0 unspecified atom stereocenters. The van der Waals surface area contributed by atoms with E-state index < -0.39 is 0 Å². The van der Waals surface area contributed by atoms with E-state index in [9.17, 15) is 0 Å². The van der Waals surface area contributed by atoms with Gasteiger partial charge in [-0.2, -0.15) is 0 Å². The first kappa shape index (κ1) is 13.2. The molecule has 0 amide bonds. The summed E-state index contributed by atoms with van der Waals surface area (Å²) in [6, 6.07) is 23.5. The third-order valence-electron chi connectivity index (χ3n) is 3.86. The van der Waals surface area contributed by atoms with E-state index in [1.165, 1.54) is 32.3 Å². The highest BCUT2D eigenvalue weighted by atomic mass is 32.1. The maximum Gasteiger partial charge on any atom is 0.123 e. The van der Waals surface area contributed by atoms with Crippen molar-refractivity contribution in [1.82, 2.24) is 4.98 Å². The van der Waals surface area contributed by atoms with Gasteiger partial charge in [0.05, 0.1) is 4.88 Å². The Morgan fingerprint density at radius 1 is 0.818 bits per heavy atom. The van der Waals surface area contributed by atoms with Gasteiger partial charge in [0.2, 0.25) is 0 Å². The Bertz CT molecular complexity index is 930. The van der Waals surface area contributed by atoms with Crippen molar-refractivity contribution in [3.8, 4) is 21.0 Å². The van der Waals surface area contributed by atoms with Crippen molar-refractivity contribution in [2.45, 2.75) is 6.92 Å². The molecule has 0 aliphatic heterocycles. The normalized spacial score (nSPS) is 11.0. The molecule has 1 nitrogen and oxygen atoms in total. The number of rotatable bonds is 2. The third kappa shape index (κ3) is 2.32. The van der Waals surface area contributed by atoms with E-state index in [1.54, 1.807) is 11.3 Å². The van der Waals surface area contributed by atoms with E-state index in [-0.39, 0.29) is 0 Å². The number of hydrogen-bond donors (Lipinski definition) is 0. The van der Waals surface area contributed by atoms with Crippen molar-refractivity contribution in [3.05, 3.63) is 78.5 Å². The van der Waals surface area contributed by atoms with E-state index in [0.29, 0.717) is 0 Å². The topological polar surface area (TPSA) is 12.9 Å². The van der Waals surface area contributed by atoms with Gasteiger partial charge in [-0.05, 0) is 17.7 Å². The first-order valence-electron chi connectivity index (χ1n) is 7.32. The first-order chi connectivity index (χ1) is 10.8. The second-order valence-electron chi connectivity index (χ2n) is 5.42. The van der Waals surface area contributed by atoms with E-state index in [1.807, 2.05) is 6.20 Å². The maximum absolute atomic E-state index is 4.62. The Labute approximate surface area is 133 Å². The molecule has 4 rings (SSSR count). The van der Waals surface area contributed by atoms with Crippen LogP contribution < -0.4 is 0 Å². The van der Waals surface area contributed by atoms with E-state index in [0.717, 1.165) is 5.01 Å². The zero-order chi connectivity index (χ0) is 14.9. The van der Waals surface area contributed by atoms with Gasteiger partial charge in [0.1, 0.15) is 5.01 Å². The molecule has 2 heteroatoms. The SMILES string of the molecule is Cc1ccc(-c2ncc(-c3cccc4ccccc34)s2)cc1. The molecule has 0 radical (unpaired) electrons. The molecular weight excluding hydrogens is 286 g/mol. The van der Waals surface area contributed by atoms with Crippen LogP contribution in [-0.2, 0) is 0 Å². The van der Waals surface area contributed by atoms with Gasteiger partial charge < -0.3 is 0 Å². The lowest BCUT2D eigenvalue weighted by atomic mass is 10.0. The van der Waals surface area contributed by atoms with Gasteiger partial charge in [0, 0.05) is 17.3 Å². The maximum atomic E-state index is 4.62. The average Bonchev–Trinajstić information content (AvgIpc) is 3.05. The fourth-order valence-electron chi connectivity index (χ4n) is 2.67. The zero-order valence-corrected chi connectivity index (χ0v) is 13.1. The number of nitrogens with zero attached hydrogens (tertiary/aromatic N) is 1. The molecular formula is C20H15NS. The summed E-state index contributed by atoms with van der Waals surface area (Å²) >= 11 is 1.75. The molecule has 0 aliphatic rings. The molecule has 106 valence electrons. The number of aryl methyl sites for hydroxylation is 1. The minimum absolute atomic E-state index is 1.07. The van der Waals surface area contributed by atoms with Crippen LogP contribution in [-0.4, -0.2) is 4.98 Å². The molecule has 0 fully saturated rings. The van der Waals surface area contributed by atoms with E-state index in [4.69, 9.17) is 0 Å². The lowest BCUT2D eigenvalue weighted by Crippen LogP contribution is -1.77. The van der Waals surface area contributed by atoms with Gasteiger partial charge in [0.15, 0.2) is 0 Å². The second-order valence-corrected chi connectivity index (χ2v) is 6.45. The molecule has 0 saturated heterocycles. The monoisotopic (exact) mass is 301 g/mol. The van der Waals surface area contributed by atoms with Crippen LogP contribution in [0.1, 0.15) is 5.56 Å². The molecule has 3 aromatic carbocycles. The highest BCUT2D eigenvalue weighted by molar-refractivity contribution is 7.18. The van der Waals surface area contributed by atoms with Gasteiger partial charge in [-0.25, -0.2) is 4.98 Å². The summed E-state index contributed by atoms with van der Waals surface area (Å²) in [7, 11) is 0. The van der Waals surface area contributed by atoms with Gasteiger partial charge in [0.25, 0.3) is 0 Å². The Kier molecular flexibility index (Phi) is 3.24. The van der Waals surface area contributed by atoms with Crippen LogP contribution in [0.3, 0.4) is 0 Å². The quantitative estimate of drug-likeness (QED) is 0.446. The molecule has 22 heavy (non-hydrogen) atoms. The molecule has 1 heterocycles. The van der Waals surface area contributed by atoms with Crippen molar-refractivity contribution >= 4 is 22.1 Å². The van der Waals surface area contributed by atoms with Gasteiger partial charge >= 0.3 is 0 Å². The van der Waals surface area contributed by atoms with E-state index >= 15 is 0 Å². The summed E-state index contributed by atoms with van der Waals surface area (Å²) in [6.45, 7) is 2.10. The van der Waals surface area contributed by atoms with Crippen molar-refractivity contribution in [2.24, 2.45) is 0 Å². The fourth-order valence-corrected chi connectivity index (χ4v) is 3.63. The summed E-state index contributed by atoms with van der Waals surface area (Å²) in [4.78, 5) is 5.83. The zero-order valence-electron chi connectivity index (χ0n) is 12.3. The van der Waals surface area contributed by atoms with E-state index in [2.05, 4.69) is 78.6 Å². The third-order valence-corrected chi connectivity index (χ3v) is 4.94. The molecule has 0 N–H and O–H groups in total. The molecule has 0 saturated carbocycles. The largest absolute Gasteiger partial charge is 0.244 e. The number of thiazole rings is 1. The molecule has 0 bridgehead atoms. The Balaban J connectivity index is 1.82. The Morgan fingerprint density at radius 2 is 1.59 bits per heavy atom. The second kappa shape index (κ2) is 5.39. The predicted octanol–water partition coefficient (Wildman–Crippen LogP) is 5.94. The molecule has 4 aromatic rings. The molecule has 0 spiro atoms. The fraction of sp³-hybridized carbons (Fsp3) is 0.0500. The highest BCUT2D eigenvalue weighted by Crippen LogP contribution is 2.35. The number of fused-ring (bicyclic) bond motifs is 1. The van der Waals surface area contributed by atoms with Crippen LogP contribution in [0.5, 0.6) is 0 Å². The average molecular weight is 301 g/mol. The van der Waals surface area contributed by atoms with Crippen LogP contribution in [0.4, 0.5) is 0 Å². The summed E-state index contributed by atoms with van der Waals surface area (Å²) in [5, 5.41) is 3.62. The minimum Gasteiger partial charge on any atom is -0.244 e. The van der Waals surface area contributed by atoms with Crippen LogP contribution in [0.2, 0.25) is 0 Å². The van der Waals surface area contributed by atoms with Crippen molar-refractivity contribution in [2.75, 3.05) is 0 Å². The van der Waals surface area contributed by atoms with Gasteiger partial charge in [-0.15, -0.1) is 11.3 Å². The number of aromatic nitrogens is 1. The standard InChI is InChI=1S/C20H15NS/c1-14-9-11-16(12-10-14)20-21-13-19(22-20)18-8-4-6-15-5-2-3-7-17(15)18/h2-13H,1H3. The van der Waals surface area contributed by atoms with Gasteiger partial charge in [-0.3, -0.25) is 0 Å². The summed E-state index contributed by atoms with van der Waals surface area (Å²) < 4.78 is 0. The smallest absolute Gasteiger partial charge is 0.123 e. The molecule has 0 atom stereocenters. The summed E-state index contributed by atoms with van der Waals surface area (Å²) in [6.07, 6.45) is 1.99. The first-order valence-corrected chi connectivity index (χ1v) is 8.14. The van der Waals surface area contributed by atoms with Crippen LogP contribution in [0.25, 0.3) is 31.8 Å². The Morgan fingerprint density at radius 3 is 2.45 bits per heavy atom. The van der Waals surface area contributed by atoms with Crippen LogP contribution in [0, 0.1) is 6.92 Å². The highest BCUT2D eigenvalue weighted by Gasteiger charge is 2.09. The van der Waals surface area contributed by atoms with Gasteiger partial charge in [-0.1, -0.05) is 72.3 Å². The summed E-state index contributed by atoms with van der Waals surface area (Å²) in [5.74, 6) is 0. The van der Waals surface area contributed by atoms with Crippen molar-refractivity contribution < 1.29 is 0 Å². The predicted molar refractivity (Wildman–Crippen MR) is 95.2 cm³/mol. The van der Waals surface area contributed by atoms with Crippen LogP contribution >= 0.6 is 11.3 Å². The lowest BCUT2D eigenvalue weighted by Gasteiger charge is -2.03. The number of benzene rings is 3. The van der Waals surface area contributed by atoms with Crippen LogP contribution in [0.15, 0.2) is 72.9 Å². The molecule has 1 aromatic heterocycles. The lowest BCUT2D eigenvalue weighted by molar-refractivity contribution is 1.40. The minimum atomic E-state index is 1.07.